The van der Waals surface area contributed by atoms with Gasteiger partial charge in [-0.3, -0.25) is 9.59 Å². The van der Waals surface area contributed by atoms with Gasteiger partial charge >= 0.3 is 0 Å². The lowest BCUT2D eigenvalue weighted by molar-refractivity contribution is -0.117. The molecule has 2 N–H and O–H groups in total. The molecule has 0 aliphatic heterocycles. The zero-order chi connectivity index (χ0) is 24.7. The number of methoxy groups -OCH3 is 3. The molecule has 2 aromatic carbocycles. The van der Waals surface area contributed by atoms with Gasteiger partial charge in [-0.25, -0.2) is 0 Å². The first kappa shape index (κ1) is 24.4. The number of amides is 2. The monoisotopic (exact) mass is 464 g/mol. The highest BCUT2D eigenvalue weighted by atomic mass is 16.5. The second kappa shape index (κ2) is 11.1. The van der Waals surface area contributed by atoms with E-state index < -0.39 is 11.8 Å². The van der Waals surface area contributed by atoms with Crippen LogP contribution in [0.25, 0.3) is 6.08 Å². The van der Waals surface area contributed by atoms with E-state index in [1.165, 1.54) is 33.7 Å². The Morgan fingerprint density at radius 1 is 0.941 bits per heavy atom. The molecule has 0 aliphatic carbocycles. The van der Waals surface area contributed by atoms with E-state index in [9.17, 15) is 9.59 Å². The van der Waals surface area contributed by atoms with Crippen molar-refractivity contribution in [3.8, 4) is 17.2 Å². The van der Waals surface area contributed by atoms with E-state index in [1.807, 2.05) is 19.9 Å². The van der Waals surface area contributed by atoms with E-state index in [-0.39, 0.29) is 12.2 Å². The Bertz CT molecular complexity index is 1170. The average molecular weight is 465 g/mol. The smallest absolute Gasteiger partial charge is 0.268 e. The Labute approximate surface area is 198 Å². The lowest BCUT2D eigenvalue weighted by Gasteiger charge is -2.15. The van der Waals surface area contributed by atoms with E-state index in [1.54, 1.807) is 36.4 Å². The maximum atomic E-state index is 13.0. The molecule has 0 atom stereocenters. The van der Waals surface area contributed by atoms with Gasteiger partial charge in [-0.15, -0.1) is 0 Å². The molecule has 0 aliphatic rings. The fourth-order valence-electron chi connectivity index (χ4n) is 3.27. The van der Waals surface area contributed by atoms with Crippen LogP contribution in [0.15, 0.2) is 58.8 Å². The van der Waals surface area contributed by atoms with Crippen molar-refractivity contribution in [1.82, 2.24) is 10.6 Å². The second-order valence-corrected chi connectivity index (χ2v) is 7.54. The summed E-state index contributed by atoms with van der Waals surface area (Å²) in [5.41, 5.74) is 3.28. The number of benzene rings is 2. The van der Waals surface area contributed by atoms with Gasteiger partial charge in [0, 0.05) is 18.2 Å². The summed E-state index contributed by atoms with van der Waals surface area (Å²) in [6.45, 7) is 4.05. The summed E-state index contributed by atoms with van der Waals surface area (Å²) in [5, 5.41) is 5.51. The average Bonchev–Trinajstić information content (AvgIpc) is 3.36. The fraction of sp³-hybridized carbons (Fsp3) is 0.231. The molecule has 8 nitrogen and oxygen atoms in total. The number of furan rings is 1. The predicted octanol–water partition coefficient (Wildman–Crippen LogP) is 4.01. The number of carbonyl (C=O) groups is 2. The molecule has 34 heavy (non-hydrogen) atoms. The Morgan fingerprint density at radius 3 is 2.21 bits per heavy atom. The van der Waals surface area contributed by atoms with Crippen molar-refractivity contribution in [1.29, 1.82) is 0 Å². The molecule has 178 valence electrons. The highest BCUT2D eigenvalue weighted by molar-refractivity contribution is 6.05. The summed E-state index contributed by atoms with van der Waals surface area (Å²) in [4.78, 5) is 25.9. The van der Waals surface area contributed by atoms with E-state index >= 15 is 0 Å². The van der Waals surface area contributed by atoms with Crippen LogP contribution < -0.4 is 24.8 Å². The lowest BCUT2D eigenvalue weighted by Crippen LogP contribution is -2.34. The molecule has 0 fully saturated rings. The number of aryl methyl sites for hydroxylation is 2. The molecule has 0 bridgehead atoms. The van der Waals surface area contributed by atoms with Crippen LogP contribution in [0.1, 0.15) is 32.8 Å². The first-order valence-corrected chi connectivity index (χ1v) is 10.6. The quantitative estimate of drug-likeness (QED) is 0.464. The molecule has 0 radical (unpaired) electrons. The zero-order valence-electron chi connectivity index (χ0n) is 19.9. The molecule has 2 amide bonds. The SMILES string of the molecule is COc1cc(CNC(=O)C(=Cc2ccco2)NC(=O)c2ccc(C)c(C)c2)cc(OC)c1OC. The molecule has 0 unspecified atom stereocenters. The lowest BCUT2D eigenvalue weighted by atomic mass is 10.1. The summed E-state index contributed by atoms with van der Waals surface area (Å²) in [6, 6.07) is 12.2. The molecule has 3 aromatic rings. The maximum absolute atomic E-state index is 13.0. The summed E-state index contributed by atoms with van der Waals surface area (Å²) in [5.74, 6) is 0.949. The third-order valence-electron chi connectivity index (χ3n) is 5.27. The summed E-state index contributed by atoms with van der Waals surface area (Å²) in [7, 11) is 4.56. The van der Waals surface area contributed by atoms with Gasteiger partial charge in [0.15, 0.2) is 11.5 Å². The minimum Gasteiger partial charge on any atom is -0.493 e. The van der Waals surface area contributed by atoms with Gasteiger partial charge < -0.3 is 29.3 Å². The van der Waals surface area contributed by atoms with Crippen LogP contribution in [0.2, 0.25) is 0 Å². The predicted molar refractivity (Wildman–Crippen MR) is 128 cm³/mol. The topological polar surface area (TPSA) is 99.0 Å². The van der Waals surface area contributed by atoms with Crippen LogP contribution in [-0.4, -0.2) is 33.1 Å². The fourth-order valence-corrected chi connectivity index (χ4v) is 3.27. The molecule has 0 saturated heterocycles. The molecule has 8 heteroatoms. The van der Waals surface area contributed by atoms with Gasteiger partial charge in [-0.1, -0.05) is 6.07 Å². The first-order valence-electron chi connectivity index (χ1n) is 10.6. The highest BCUT2D eigenvalue weighted by Crippen LogP contribution is 2.38. The second-order valence-electron chi connectivity index (χ2n) is 7.54. The highest BCUT2D eigenvalue weighted by Gasteiger charge is 2.17. The molecule has 3 rings (SSSR count). The summed E-state index contributed by atoms with van der Waals surface area (Å²) in [6.07, 6.45) is 2.96. The van der Waals surface area contributed by atoms with Crippen LogP contribution in [0, 0.1) is 13.8 Å². The van der Waals surface area contributed by atoms with Gasteiger partial charge in [-0.05, 0) is 66.9 Å². The van der Waals surface area contributed by atoms with Crippen molar-refractivity contribution in [3.05, 3.63) is 82.4 Å². The molecule has 1 aromatic heterocycles. The van der Waals surface area contributed by atoms with Gasteiger partial charge in [0.25, 0.3) is 11.8 Å². The number of nitrogens with one attached hydrogen (secondary N) is 2. The Hall–Kier alpha value is -4.20. The number of hydrogen-bond acceptors (Lipinski definition) is 6. The number of hydrogen-bond donors (Lipinski definition) is 2. The molecular weight excluding hydrogens is 436 g/mol. The molecule has 0 spiro atoms. The largest absolute Gasteiger partial charge is 0.493 e. The minimum absolute atomic E-state index is 0.0469. The third-order valence-corrected chi connectivity index (χ3v) is 5.27. The van der Waals surface area contributed by atoms with Crippen molar-refractivity contribution < 1.29 is 28.2 Å². The number of rotatable bonds is 9. The van der Waals surface area contributed by atoms with Crippen LogP contribution >= 0.6 is 0 Å². The van der Waals surface area contributed by atoms with Crippen LogP contribution in [0.4, 0.5) is 0 Å². The summed E-state index contributed by atoms with van der Waals surface area (Å²) < 4.78 is 21.4. The molecule has 0 saturated carbocycles. The van der Waals surface area contributed by atoms with Crippen molar-refractivity contribution in [2.75, 3.05) is 21.3 Å². The van der Waals surface area contributed by atoms with E-state index in [0.717, 1.165) is 16.7 Å². The molecular formula is C26H28N2O6. The third kappa shape index (κ3) is 5.78. The zero-order valence-corrected chi connectivity index (χ0v) is 19.9. The van der Waals surface area contributed by atoms with E-state index in [4.69, 9.17) is 18.6 Å². The van der Waals surface area contributed by atoms with E-state index in [2.05, 4.69) is 10.6 Å². The van der Waals surface area contributed by atoms with Crippen molar-refractivity contribution in [3.63, 3.8) is 0 Å². The Kier molecular flexibility index (Phi) is 7.97. The van der Waals surface area contributed by atoms with Gasteiger partial charge in [0.2, 0.25) is 5.75 Å². The Morgan fingerprint density at radius 2 is 1.65 bits per heavy atom. The van der Waals surface area contributed by atoms with Gasteiger partial charge in [0.1, 0.15) is 11.5 Å². The van der Waals surface area contributed by atoms with Crippen molar-refractivity contribution in [2.24, 2.45) is 0 Å². The maximum Gasteiger partial charge on any atom is 0.268 e. The van der Waals surface area contributed by atoms with Gasteiger partial charge in [-0.2, -0.15) is 0 Å². The summed E-state index contributed by atoms with van der Waals surface area (Å²) >= 11 is 0. The van der Waals surface area contributed by atoms with E-state index in [0.29, 0.717) is 28.6 Å². The number of carbonyl (C=O) groups excluding carboxylic acids is 2. The van der Waals surface area contributed by atoms with Crippen molar-refractivity contribution >= 4 is 17.9 Å². The Balaban J connectivity index is 1.81. The van der Waals surface area contributed by atoms with Crippen LogP contribution in [0.5, 0.6) is 17.2 Å². The molecule has 1 heterocycles. The minimum atomic E-state index is -0.484. The van der Waals surface area contributed by atoms with Crippen LogP contribution in [-0.2, 0) is 11.3 Å². The van der Waals surface area contributed by atoms with Crippen molar-refractivity contribution in [2.45, 2.75) is 20.4 Å². The van der Waals surface area contributed by atoms with Gasteiger partial charge in [0.05, 0.1) is 27.6 Å². The standard InChI is InChI=1S/C26H28N2O6/c1-16-8-9-19(11-17(16)2)25(29)28-21(14-20-7-6-10-34-20)26(30)27-15-18-12-22(31-3)24(33-5)23(13-18)32-4/h6-14H,15H2,1-5H3,(H,27,30)(H,28,29). The van der Waals surface area contributed by atoms with Crippen LogP contribution in [0.3, 0.4) is 0 Å². The first-order chi connectivity index (χ1) is 16.4. The number of ether oxygens (including phenoxy) is 3. The normalized spacial score (nSPS) is 11.0.